The molecule has 1 unspecified atom stereocenters. The summed E-state index contributed by atoms with van der Waals surface area (Å²) in [6.45, 7) is 0. The molecule has 0 aromatic rings. The molecule has 3 rings (SSSR count). The Kier molecular flexibility index (Phi) is 2.02. The van der Waals surface area contributed by atoms with Crippen LogP contribution in [0.25, 0.3) is 0 Å². The number of hydrogen-bond donors (Lipinski definition) is 1. The van der Waals surface area contributed by atoms with Gasteiger partial charge in [0.15, 0.2) is 0 Å². The Balaban J connectivity index is 1.91. The van der Waals surface area contributed by atoms with Crippen LogP contribution in [0.15, 0.2) is 27.4 Å². The highest BCUT2D eigenvalue weighted by atomic mass is 79.9. The minimum Gasteiger partial charge on any atom is -0.509 e. The van der Waals surface area contributed by atoms with Gasteiger partial charge in [0.05, 0.1) is 14.8 Å². The van der Waals surface area contributed by atoms with Crippen LogP contribution in [-0.2, 0) is 0 Å². The molecule has 1 heterocycles. The Morgan fingerprint density at radius 3 is 3.00 bits per heavy atom. The van der Waals surface area contributed by atoms with Crippen molar-refractivity contribution in [3.63, 3.8) is 0 Å². The highest BCUT2D eigenvalue weighted by Gasteiger charge is 2.39. The maximum atomic E-state index is 9.83. The maximum Gasteiger partial charge on any atom is 0.132 e. The zero-order valence-corrected chi connectivity index (χ0v) is 9.88. The van der Waals surface area contributed by atoms with Gasteiger partial charge in [-0.1, -0.05) is 6.08 Å². The van der Waals surface area contributed by atoms with Crippen molar-refractivity contribution in [2.75, 3.05) is 0 Å². The third-order valence-corrected chi connectivity index (χ3v) is 4.76. The minimum atomic E-state index is -0.0324. The molecule has 14 heavy (non-hydrogen) atoms. The van der Waals surface area contributed by atoms with Crippen LogP contribution in [0.4, 0.5) is 0 Å². The quantitative estimate of drug-likeness (QED) is 0.795. The van der Waals surface area contributed by atoms with Crippen molar-refractivity contribution < 1.29 is 5.11 Å². The molecule has 0 amide bonds. The Morgan fingerprint density at radius 1 is 1.50 bits per heavy atom. The fourth-order valence-electron chi connectivity index (χ4n) is 1.74. The van der Waals surface area contributed by atoms with E-state index in [1.54, 1.807) is 0 Å². The smallest absolute Gasteiger partial charge is 0.132 e. The van der Waals surface area contributed by atoms with E-state index < -0.39 is 0 Å². The Hall–Kier alpha value is -0.220. The fourth-order valence-corrected chi connectivity index (χ4v) is 3.49. The summed E-state index contributed by atoms with van der Waals surface area (Å²) in [7, 11) is 0. The van der Waals surface area contributed by atoms with E-state index >= 15 is 0 Å². The van der Waals surface area contributed by atoms with Gasteiger partial charge in [0.1, 0.15) is 11.8 Å². The summed E-state index contributed by atoms with van der Waals surface area (Å²) in [4.78, 5) is 4.59. The summed E-state index contributed by atoms with van der Waals surface area (Å²) in [6.07, 6.45) is 6.61. The van der Waals surface area contributed by atoms with Crippen molar-refractivity contribution in [3.05, 3.63) is 22.4 Å². The average Bonchev–Trinajstić information content (AvgIpc) is 2.93. The Morgan fingerprint density at radius 2 is 2.29 bits per heavy atom. The van der Waals surface area contributed by atoms with Gasteiger partial charge < -0.3 is 5.11 Å². The van der Waals surface area contributed by atoms with Gasteiger partial charge in [-0.05, 0) is 34.8 Å². The number of fused-ring (bicyclic) bond motifs is 1. The number of rotatable bonds is 1. The maximum absolute atomic E-state index is 9.83. The molecule has 2 atom stereocenters. The number of thioether (sulfide) groups is 1. The molecule has 0 saturated heterocycles. The van der Waals surface area contributed by atoms with Crippen molar-refractivity contribution in [3.8, 4) is 0 Å². The van der Waals surface area contributed by atoms with Gasteiger partial charge in [0.25, 0.3) is 0 Å². The van der Waals surface area contributed by atoms with E-state index in [2.05, 4.69) is 27.0 Å². The van der Waals surface area contributed by atoms with E-state index in [1.165, 1.54) is 17.9 Å². The molecule has 74 valence electrons. The molecule has 0 aromatic carbocycles. The van der Waals surface area contributed by atoms with Crippen molar-refractivity contribution in [1.29, 1.82) is 0 Å². The average molecular weight is 272 g/mol. The van der Waals surface area contributed by atoms with Crippen molar-refractivity contribution >= 4 is 32.7 Å². The molecule has 2 aliphatic carbocycles. The lowest BCUT2D eigenvalue weighted by atomic mass is 10.1. The molecule has 0 aromatic heterocycles. The molecule has 1 fully saturated rings. The van der Waals surface area contributed by atoms with Crippen LogP contribution in [0.2, 0.25) is 0 Å². The third kappa shape index (κ3) is 1.36. The zero-order chi connectivity index (χ0) is 9.71. The molecule has 0 radical (unpaired) electrons. The number of aliphatic imine (C=N–C) groups is 1. The minimum absolute atomic E-state index is 0.0324. The largest absolute Gasteiger partial charge is 0.509 e. The first-order valence-corrected chi connectivity index (χ1v) is 6.44. The van der Waals surface area contributed by atoms with Gasteiger partial charge in [-0.3, -0.25) is 4.99 Å². The molecule has 2 nitrogen and oxygen atoms in total. The topological polar surface area (TPSA) is 32.6 Å². The predicted octanol–water partition coefficient (Wildman–Crippen LogP) is 3.01. The predicted molar refractivity (Wildman–Crippen MR) is 63.0 cm³/mol. The van der Waals surface area contributed by atoms with Gasteiger partial charge in [-0.25, -0.2) is 0 Å². The highest BCUT2D eigenvalue weighted by molar-refractivity contribution is 9.11. The van der Waals surface area contributed by atoms with Crippen LogP contribution >= 0.6 is 27.7 Å². The fraction of sp³-hybridized carbons (Fsp3) is 0.500. The van der Waals surface area contributed by atoms with Gasteiger partial charge >= 0.3 is 0 Å². The highest BCUT2D eigenvalue weighted by Crippen LogP contribution is 2.44. The Bertz CT molecular complexity index is 370. The van der Waals surface area contributed by atoms with Crippen LogP contribution in [0.1, 0.15) is 12.8 Å². The van der Waals surface area contributed by atoms with Gasteiger partial charge in [0.2, 0.25) is 0 Å². The second kappa shape index (κ2) is 3.14. The normalized spacial score (nSPS) is 35.9. The van der Waals surface area contributed by atoms with Crippen LogP contribution in [0, 0.1) is 5.92 Å². The third-order valence-electron chi connectivity index (χ3n) is 2.72. The molecular formula is C10H10BrNOS. The number of nitrogens with zero attached hydrogens (tertiary/aromatic N) is 1. The van der Waals surface area contributed by atoms with Crippen LogP contribution in [0.3, 0.4) is 0 Å². The standard InChI is InChI=1S/C10H10BrNOS/c11-6-3-4-7-8(9(6)13)12-10(14-7)5-1-2-5/h3-5,7-8,13H,1-2H2/t7?,8-/m1/s1. The second-order valence-electron chi connectivity index (χ2n) is 3.86. The van der Waals surface area contributed by atoms with Gasteiger partial charge in [-0.2, -0.15) is 0 Å². The van der Waals surface area contributed by atoms with Gasteiger partial charge in [-0.15, -0.1) is 11.8 Å². The van der Waals surface area contributed by atoms with Crippen LogP contribution < -0.4 is 0 Å². The zero-order valence-electron chi connectivity index (χ0n) is 7.48. The van der Waals surface area contributed by atoms with Crippen molar-refractivity contribution in [2.45, 2.75) is 24.1 Å². The van der Waals surface area contributed by atoms with E-state index in [4.69, 9.17) is 0 Å². The SMILES string of the molecule is OC1=C(Br)C=CC2SC(C3CC3)=N[C@@H]12. The summed E-state index contributed by atoms with van der Waals surface area (Å²) in [5.41, 5.74) is 0. The molecule has 1 aliphatic heterocycles. The van der Waals surface area contributed by atoms with E-state index in [-0.39, 0.29) is 6.04 Å². The second-order valence-corrected chi connectivity index (χ2v) is 5.91. The molecule has 1 saturated carbocycles. The monoisotopic (exact) mass is 271 g/mol. The van der Waals surface area contributed by atoms with Crippen molar-refractivity contribution in [1.82, 2.24) is 0 Å². The number of halogens is 1. The number of hydrogen-bond acceptors (Lipinski definition) is 3. The molecule has 0 bridgehead atoms. The molecular weight excluding hydrogens is 262 g/mol. The van der Waals surface area contributed by atoms with Crippen LogP contribution in [0.5, 0.6) is 0 Å². The lowest BCUT2D eigenvalue weighted by Crippen LogP contribution is -2.21. The first-order valence-electron chi connectivity index (χ1n) is 4.77. The summed E-state index contributed by atoms with van der Waals surface area (Å²) in [5, 5.41) is 11.4. The Labute approximate surface area is 95.3 Å². The first kappa shape index (κ1) is 9.04. The van der Waals surface area contributed by atoms with E-state index in [9.17, 15) is 5.11 Å². The first-order chi connectivity index (χ1) is 6.75. The lowest BCUT2D eigenvalue weighted by molar-refractivity contribution is 0.368. The number of aliphatic hydroxyl groups is 1. The summed E-state index contributed by atoms with van der Waals surface area (Å²) < 4.78 is 0.778. The van der Waals surface area contributed by atoms with Crippen LogP contribution in [-0.4, -0.2) is 21.4 Å². The van der Waals surface area contributed by atoms with Gasteiger partial charge in [0, 0.05) is 5.92 Å². The summed E-state index contributed by atoms with van der Waals surface area (Å²) >= 11 is 5.15. The van der Waals surface area contributed by atoms with E-state index in [1.807, 2.05) is 17.8 Å². The molecule has 0 spiro atoms. The van der Waals surface area contributed by atoms with E-state index in [0.717, 1.165) is 4.48 Å². The summed E-state index contributed by atoms with van der Waals surface area (Å²) in [5.74, 6) is 1.09. The number of aliphatic hydroxyl groups excluding tert-OH is 1. The molecule has 3 aliphatic rings. The van der Waals surface area contributed by atoms with Crippen molar-refractivity contribution in [2.24, 2.45) is 10.9 Å². The summed E-state index contributed by atoms with van der Waals surface area (Å²) in [6, 6.07) is -0.0324. The molecule has 1 N–H and O–H groups in total. The number of allylic oxidation sites excluding steroid dienone is 2. The molecule has 4 heteroatoms. The van der Waals surface area contributed by atoms with E-state index in [0.29, 0.717) is 16.9 Å². The lowest BCUT2D eigenvalue weighted by Gasteiger charge is -2.17.